The van der Waals surface area contributed by atoms with Gasteiger partial charge in [-0.2, -0.15) is 0 Å². The monoisotopic (exact) mass is 482 g/mol. The van der Waals surface area contributed by atoms with E-state index in [0.29, 0.717) is 34.1 Å². The number of anilines is 1. The normalized spacial score (nSPS) is 16.2. The van der Waals surface area contributed by atoms with Crippen LogP contribution < -0.4 is 16.0 Å². The summed E-state index contributed by atoms with van der Waals surface area (Å²) in [5.41, 5.74) is 2.62. The molecule has 3 N–H and O–H groups in total. The number of halogens is 1. The lowest BCUT2D eigenvalue weighted by Crippen LogP contribution is -2.59. The zero-order valence-electron chi connectivity index (χ0n) is 20.0. The number of amidine groups is 1. The van der Waals surface area contributed by atoms with Gasteiger partial charge in [0.15, 0.2) is 0 Å². The van der Waals surface area contributed by atoms with Gasteiger partial charge in [0.05, 0.1) is 22.4 Å². The number of hydrogen-bond acceptors (Lipinski definition) is 6. The predicted octanol–water partition coefficient (Wildman–Crippen LogP) is 3.11. The summed E-state index contributed by atoms with van der Waals surface area (Å²) in [6, 6.07) is 11.1. The maximum Gasteiger partial charge on any atom is 0.255 e. The number of aliphatic imine (C=N–C) groups is 1. The van der Waals surface area contributed by atoms with Gasteiger partial charge in [0.2, 0.25) is 0 Å². The summed E-state index contributed by atoms with van der Waals surface area (Å²) in [6.07, 6.45) is 1.57. The van der Waals surface area contributed by atoms with Crippen LogP contribution in [0.15, 0.2) is 41.4 Å². The number of rotatable bonds is 4. The Morgan fingerprint density at radius 2 is 1.68 bits per heavy atom. The first kappa shape index (κ1) is 24.0. The van der Waals surface area contributed by atoms with Crippen LogP contribution in [0.3, 0.4) is 0 Å². The van der Waals surface area contributed by atoms with Gasteiger partial charge in [-0.3, -0.25) is 9.59 Å². The maximum absolute atomic E-state index is 13.0. The zero-order valence-corrected chi connectivity index (χ0v) is 20.8. The Balaban J connectivity index is 1.84. The second-order valence-electron chi connectivity index (χ2n) is 9.18. The average molecular weight is 483 g/mol. The van der Waals surface area contributed by atoms with E-state index in [9.17, 15) is 9.59 Å². The van der Waals surface area contributed by atoms with Crippen LogP contribution >= 0.6 is 11.6 Å². The van der Waals surface area contributed by atoms with E-state index in [1.165, 1.54) is 9.80 Å². The summed E-state index contributed by atoms with van der Waals surface area (Å²) in [6.45, 7) is 2.17. The Hall–Kier alpha value is -3.10. The van der Waals surface area contributed by atoms with Crippen LogP contribution in [0.4, 0.5) is 11.4 Å². The summed E-state index contributed by atoms with van der Waals surface area (Å²) in [5, 5.41) is 11.3. The van der Waals surface area contributed by atoms with E-state index in [1.807, 2.05) is 24.3 Å². The quantitative estimate of drug-likeness (QED) is 0.623. The number of nitrogens with one attached hydrogen (secondary N) is 3. The minimum absolute atomic E-state index is 0.137. The van der Waals surface area contributed by atoms with Crippen LogP contribution in [-0.2, 0) is 6.54 Å². The molecule has 1 saturated heterocycles. The first-order valence-corrected chi connectivity index (χ1v) is 11.8. The lowest BCUT2D eigenvalue weighted by atomic mass is 9.84. The van der Waals surface area contributed by atoms with Gasteiger partial charge in [0.25, 0.3) is 11.8 Å². The first-order chi connectivity index (χ1) is 16.2. The standard InChI is InChI=1S/C25H31ClN6O2/c1-31(2)22(33)18-8-9-19(23(34)32(3)4)21-20(18)29-24(25(30-21)10-12-27-13-11-25)28-15-16-6-5-7-17(26)14-16/h5-9,14,27,30H,10-13,15H2,1-4H3,(H,28,29). The van der Waals surface area contributed by atoms with Gasteiger partial charge in [-0.1, -0.05) is 23.7 Å². The Morgan fingerprint density at radius 1 is 1.03 bits per heavy atom. The number of carbonyl (C=O) groups is 2. The molecule has 1 spiro atoms. The van der Waals surface area contributed by atoms with Crippen LogP contribution in [0.5, 0.6) is 0 Å². The highest BCUT2D eigenvalue weighted by Crippen LogP contribution is 2.42. The van der Waals surface area contributed by atoms with Gasteiger partial charge in [0.1, 0.15) is 11.5 Å². The first-order valence-electron chi connectivity index (χ1n) is 11.4. The van der Waals surface area contributed by atoms with Crippen LogP contribution in [0.2, 0.25) is 5.02 Å². The summed E-state index contributed by atoms with van der Waals surface area (Å²) < 4.78 is 0. The SMILES string of the molecule is CN(C)C(=O)c1ccc(C(=O)N(C)C)c2c1N=C(NCc1cccc(Cl)c1)C1(CCNCC1)N2. The molecule has 0 unspecified atom stereocenters. The van der Waals surface area contributed by atoms with Crippen molar-refractivity contribution < 1.29 is 9.59 Å². The molecule has 2 aliphatic heterocycles. The molecule has 2 aliphatic rings. The minimum atomic E-state index is -0.474. The average Bonchev–Trinajstić information content (AvgIpc) is 2.81. The third-order valence-corrected chi connectivity index (χ3v) is 6.53. The minimum Gasteiger partial charge on any atom is -0.370 e. The molecule has 2 aromatic rings. The van der Waals surface area contributed by atoms with Gasteiger partial charge >= 0.3 is 0 Å². The number of fused-ring (bicyclic) bond motifs is 1. The van der Waals surface area contributed by atoms with Crippen molar-refractivity contribution in [3.8, 4) is 0 Å². The Kier molecular flexibility index (Phi) is 6.81. The van der Waals surface area contributed by atoms with Crippen molar-refractivity contribution in [1.82, 2.24) is 20.4 Å². The molecular formula is C25H31ClN6O2. The van der Waals surface area contributed by atoms with Crippen LogP contribution in [0.25, 0.3) is 0 Å². The maximum atomic E-state index is 13.0. The second-order valence-corrected chi connectivity index (χ2v) is 9.62. The summed E-state index contributed by atoms with van der Waals surface area (Å²) in [5.74, 6) is 0.465. The fourth-order valence-electron chi connectivity index (χ4n) is 4.44. The molecule has 0 atom stereocenters. The predicted molar refractivity (Wildman–Crippen MR) is 136 cm³/mol. The van der Waals surface area contributed by atoms with Crippen molar-refractivity contribution in [2.45, 2.75) is 24.9 Å². The molecule has 1 fully saturated rings. The molecule has 2 heterocycles. The smallest absolute Gasteiger partial charge is 0.255 e. The Morgan fingerprint density at radius 3 is 2.32 bits per heavy atom. The summed E-state index contributed by atoms with van der Waals surface area (Å²) in [7, 11) is 6.86. The fraction of sp³-hybridized carbons (Fsp3) is 0.400. The molecule has 180 valence electrons. The molecule has 8 nitrogen and oxygen atoms in total. The van der Waals surface area contributed by atoms with Gasteiger partial charge in [-0.25, -0.2) is 4.99 Å². The number of benzene rings is 2. The van der Waals surface area contributed by atoms with E-state index >= 15 is 0 Å². The summed E-state index contributed by atoms with van der Waals surface area (Å²) in [4.78, 5) is 34.1. The molecule has 2 aromatic carbocycles. The molecule has 0 bridgehead atoms. The lowest BCUT2D eigenvalue weighted by molar-refractivity contribution is 0.0817. The highest BCUT2D eigenvalue weighted by atomic mass is 35.5. The van der Waals surface area contributed by atoms with Gasteiger partial charge in [-0.15, -0.1) is 0 Å². The van der Waals surface area contributed by atoms with Crippen molar-refractivity contribution in [1.29, 1.82) is 0 Å². The molecule has 0 aliphatic carbocycles. The van der Waals surface area contributed by atoms with Crippen LogP contribution in [0.1, 0.15) is 39.1 Å². The number of nitrogens with zero attached hydrogens (tertiary/aromatic N) is 3. The molecule has 0 aromatic heterocycles. The molecule has 2 amide bonds. The van der Waals surface area contributed by atoms with Crippen LogP contribution in [-0.4, -0.2) is 74.3 Å². The molecule has 0 radical (unpaired) electrons. The number of carbonyl (C=O) groups excluding carboxylic acids is 2. The van der Waals surface area contributed by atoms with Gasteiger partial charge in [-0.05, 0) is 55.8 Å². The van der Waals surface area contributed by atoms with E-state index in [0.717, 1.165) is 37.3 Å². The highest BCUT2D eigenvalue weighted by molar-refractivity contribution is 6.30. The number of piperidine rings is 1. The Bertz CT molecular complexity index is 1140. The largest absolute Gasteiger partial charge is 0.370 e. The number of hydrogen-bond donors (Lipinski definition) is 3. The van der Waals surface area contributed by atoms with Crippen molar-refractivity contribution in [3.05, 3.63) is 58.1 Å². The highest BCUT2D eigenvalue weighted by Gasteiger charge is 2.42. The molecule has 0 saturated carbocycles. The molecular weight excluding hydrogens is 452 g/mol. The van der Waals surface area contributed by atoms with Gasteiger partial charge < -0.3 is 25.8 Å². The fourth-order valence-corrected chi connectivity index (χ4v) is 4.65. The lowest BCUT2D eigenvalue weighted by Gasteiger charge is -2.43. The molecule has 9 heteroatoms. The topological polar surface area (TPSA) is 89.1 Å². The van der Waals surface area contributed by atoms with E-state index in [-0.39, 0.29) is 11.8 Å². The van der Waals surface area contributed by atoms with E-state index in [1.54, 1.807) is 40.3 Å². The van der Waals surface area contributed by atoms with Crippen molar-refractivity contribution in [2.75, 3.05) is 46.6 Å². The van der Waals surface area contributed by atoms with E-state index in [2.05, 4.69) is 16.0 Å². The second kappa shape index (κ2) is 9.64. The van der Waals surface area contributed by atoms with E-state index in [4.69, 9.17) is 16.6 Å². The molecule has 34 heavy (non-hydrogen) atoms. The van der Waals surface area contributed by atoms with Crippen LogP contribution in [0, 0.1) is 0 Å². The van der Waals surface area contributed by atoms with Crippen molar-refractivity contribution >= 4 is 40.6 Å². The van der Waals surface area contributed by atoms with Crippen molar-refractivity contribution in [2.24, 2.45) is 4.99 Å². The van der Waals surface area contributed by atoms with E-state index < -0.39 is 5.54 Å². The summed E-state index contributed by atoms with van der Waals surface area (Å²) >= 11 is 6.18. The molecule has 4 rings (SSSR count). The third kappa shape index (κ3) is 4.60. The third-order valence-electron chi connectivity index (χ3n) is 6.30. The Labute approximate surface area is 205 Å². The van der Waals surface area contributed by atoms with Gasteiger partial charge in [0, 0.05) is 39.8 Å². The zero-order chi connectivity index (χ0) is 24.5. The number of amides is 2. The van der Waals surface area contributed by atoms with Crippen molar-refractivity contribution in [3.63, 3.8) is 0 Å².